The van der Waals surface area contributed by atoms with E-state index in [1.165, 1.54) is 0 Å². The minimum atomic E-state index is -0.109. The van der Waals surface area contributed by atoms with Crippen molar-refractivity contribution in [3.05, 3.63) is 17.5 Å². The molecule has 1 aromatic rings. The molecule has 0 fully saturated rings. The van der Waals surface area contributed by atoms with Gasteiger partial charge in [-0.15, -0.1) is 0 Å². The van der Waals surface area contributed by atoms with Crippen molar-refractivity contribution in [1.29, 1.82) is 0 Å². The van der Waals surface area contributed by atoms with Crippen LogP contribution in [0.3, 0.4) is 0 Å². The number of hydrogen-bond acceptors (Lipinski definition) is 3. The van der Waals surface area contributed by atoms with Gasteiger partial charge in [0.15, 0.2) is 0 Å². The zero-order valence-corrected chi connectivity index (χ0v) is 10.2. The minimum absolute atomic E-state index is 0.109. The molecular formula is C11H20N4O. The first-order chi connectivity index (χ1) is 7.65. The number of aromatic nitrogens is 2. The van der Waals surface area contributed by atoms with Crippen LogP contribution >= 0.6 is 0 Å². The van der Waals surface area contributed by atoms with E-state index < -0.39 is 0 Å². The fourth-order valence-electron chi connectivity index (χ4n) is 1.33. The van der Waals surface area contributed by atoms with Crippen LogP contribution in [0, 0.1) is 6.92 Å². The molecule has 90 valence electrons. The average molecular weight is 224 g/mol. The zero-order valence-electron chi connectivity index (χ0n) is 10.2. The number of aryl methyl sites for hydroxylation is 2. The van der Waals surface area contributed by atoms with Gasteiger partial charge in [0.1, 0.15) is 5.69 Å². The lowest BCUT2D eigenvalue weighted by atomic mass is 10.3. The Morgan fingerprint density at radius 2 is 2.19 bits per heavy atom. The van der Waals surface area contributed by atoms with E-state index in [9.17, 15) is 4.79 Å². The van der Waals surface area contributed by atoms with Gasteiger partial charge in [0.2, 0.25) is 0 Å². The van der Waals surface area contributed by atoms with E-state index in [4.69, 9.17) is 0 Å². The van der Waals surface area contributed by atoms with Crippen molar-refractivity contribution in [2.45, 2.75) is 20.3 Å². The number of amides is 1. The SMILES string of the molecule is CCCNCCNC(=O)c1cc(C)n(C)n1. The van der Waals surface area contributed by atoms with Gasteiger partial charge < -0.3 is 10.6 Å². The first kappa shape index (κ1) is 12.7. The van der Waals surface area contributed by atoms with Crippen LogP contribution < -0.4 is 10.6 Å². The van der Waals surface area contributed by atoms with Crippen molar-refractivity contribution in [2.24, 2.45) is 7.05 Å². The lowest BCUT2D eigenvalue weighted by molar-refractivity contribution is 0.0948. The molecule has 1 aromatic heterocycles. The number of hydrogen-bond donors (Lipinski definition) is 2. The van der Waals surface area contributed by atoms with Crippen molar-refractivity contribution < 1.29 is 4.79 Å². The maximum atomic E-state index is 11.6. The van der Waals surface area contributed by atoms with E-state index in [0.717, 1.165) is 25.2 Å². The van der Waals surface area contributed by atoms with Gasteiger partial charge in [-0.25, -0.2) is 0 Å². The highest BCUT2D eigenvalue weighted by atomic mass is 16.1. The number of carbonyl (C=O) groups is 1. The molecule has 0 aliphatic heterocycles. The first-order valence-corrected chi connectivity index (χ1v) is 5.64. The van der Waals surface area contributed by atoms with Gasteiger partial charge in [0, 0.05) is 25.8 Å². The summed E-state index contributed by atoms with van der Waals surface area (Å²) in [5.74, 6) is -0.109. The average Bonchev–Trinajstić information content (AvgIpc) is 2.59. The van der Waals surface area contributed by atoms with Crippen LogP contribution in [0.15, 0.2) is 6.07 Å². The Kier molecular flexibility index (Phi) is 4.98. The summed E-state index contributed by atoms with van der Waals surface area (Å²) in [4.78, 5) is 11.6. The van der Waals surface area contributed by atoms with Gasteiger partial charge in [0.25, 0.3) is 5.91 Å². The Labute approximate surface area is 96.2 Å². The van der Waals surface area contributed by atoms with E-state index >= 15 is 0 Å². The summed E-state index contributed by atoms with van der Waals surface area (Å²) in [5.41, 5.74) is 1.46. The normalized spacial score (nSPS) is 10.4. The summed E-state index contributed by atoms with van der Waals surface area (Å²) in [6, 6.07) is 1.79. The second-order valence-electron chi connectivity index (χ2n) is 3.80. The van der Waals surface area contributed by atoms with Crippen molar-refractivity contribution >= 4 is 5.91 Å². The van der Waals surface area contributed by atoms with Crippen LogP contribution in [-0.2, 0) is 7.05 Å². The molecule has 0 spiro atoms. The van der Waals surface area contributed by atoms with Gasteiger partial charge >= 0.3 is 0 Å². The van der Waals surface area contributed by atoms with E-state index in [1.54, 1.807) is 10.7 Å². The number of rotatable bonds is 6. The predicted octanol–water partition coefficient (Wildman–Crippen LogP) is 0.458. The van der Waals surface area contributed by atoms with Crippen LogP contribution in [0.2, 0.25) is 0 Å². The molecule has 5 heteroatoms. The Balaban J connectivity index is 2.30. The van der Waals surface area contributed by atoms with Crippen molar-refractivity contribution in [2.75, 3.05) is 19.6 Å². The van der Waals surface area contributed by atoms with Crippen LogP contribution in [0.5, 0.6) is 0 Å². The summed E-state index contributed by atoms with van der Waals surface area (Å²) in [6.07, 6.45) is 1.10. The molecule has 0 atom stereocenters. The van der Waals surface area contributed by atoms with Gasteiger partial charge in [-0.05, 0) is 26.0 Å². The fraction of sp³-hybridized carbons (Fsp3) is 0.636. The van der Waals surface area contributed by atoms with Crippen molar-refractivity contribution in [3.63, 3.8) is 0 Å². The molecule has 1 rings (SSSR count). The van der Waals surface area contributed by atoms with Crippen molar-refractivity contribution in [1.82, 2.24) is 20.4 Å². The summed E-state index contributed by atoms with van der Waals surface area (Å²) in [7, 11) is 1.83. The van der Waals surface area contributed by atoms with Crippen LogP contribution in [0.25, 0.3) is 0 Å². The van der Waals surface area contributed by atoms with E-state index in [-0.39, 0.29) is 5.91 Å². The summed E-state index contributed by atoms with van der Waals surface area (Å²) in [6.45, 7) is 6.45. The third-order valence-electron chi connectivity index (χ3n) is 2.36. The molecule has 1 heterocycles. The number of nitrogens with zero attached hydrogens (tertiary/aromatic N) is 2. The molecule has 0 radical (unpaired) electrons. The highest BCUT2D eigenvalue weighted by Crippen LogP contribution is 2.00. The molecular weight excluding hydrogens is 204 g/mol. The zero-order chi connectivity index (χ0) is 12.0. The van der Waals surface area contributed by atoms with Gasteiger partial charge in [0.05, 0.1) is 0 Å². The lowest BCUT2D eigenvalue weighted by Crippen LogP contribution is -2.32. The summed E-state index contributed by atoms with van der Waals surface area (Å²) >= 11 is 0. The minimum Gasteiger partial charge on any atom is -0.349 e. The molecule has 2 N–H and O–H groups in total. The molecule has 0 saturated heterocycles. The number of carbonyl (C=O) groups excluding carboxylic acids is 1. The van der Waals surface area contributed by atoms with Crippen LogP contribution in [-0.4, -0.2) is 35.3 Å². The smallest absolute Gasteiger partial charge is 0.271 e. The van der Waals surface area contributed by atoms with Crippen LogP contribution in [0.1, 0.15) is 29.5 Å². The molecule has 16 heavy (non-hydrogen) atoms. The molecule has 0 aliphatic rings. The molecule has 5 nitrogen and oxygen atoms in total. The highest BCUT2D eigenvalue weighted by Gasteiger charge is 2.09. The Bertz CT molecular complexity index is 326. The number of nitrogens with one attached hydrogen (secondary N) is 2. The van der Waals surface area contributed by atoms with Gasteiger partial charge in [-0.1, -0.05) is 6.92 Å². The standard InChI is InChI=1S/C11H20N4O/c1-4-5-12-6-7-13-11(16)10-8-9(2)15(3)14-10/h8,12H,4-7H2,1-3H3,(H,13,16). The lowest BCUT2D eigenvalue weighted by Gasteiger charge is -2.03. The summed E-state index contributed by atoms with van der Waals surface area (Å²) < 4.78 is 1.70. The second-order valence-corrected chi connectivity index (χ2v) is 3.80. The highest BCUT2D eigenvalue weighted by molar-refractivity contribution is 5.92. The second kappa shape index (κ2) is 6.27. The molecule has 0 unspecified atom stereocenters. The summed E-state index contributed by atoms with van der Waals surface area (Å²) in [5, 5.41) is 10.1. The first-order valence-electron chi connectivity index (χ1n) is 5.64. The largest absolute Gasteiger partial charge is 0.349 e. The topological polar surface area (TPSA) is 58.9 Å². The molecule has 0 aromatic carbocycles. The molecule has 0 bridgehead atoms. The van der Waals surface area contributed by atoms with Gasteiger partial charge in [-0.3, -0.25) is 9.48 Å². The quantitative estimate of drug-likeness (QED) is 0.690. The maximum absolute atomic E-state index is 11.6. The van der Waals surface area contributed by atoms with Crippen LogP contribution in [0.4, 0.5) is 0 Å². The van der Waals surface area contributed by atoms with Crippen molar-refractivity contribution in [3.8, 4) is 0 Å². The van der Waals surface area contributed by atoms with E-state index in [2.05, 4.69) is 22.7 Å². The third kappa shape index (κ3) is 3.66. The van der Waals surface area contributed by atoms with E-state index in [0.29, 0.717) is 12.2 Å². The predicted molar refractivity (Wildman–Crippen MR) is 63.4 cm³/mol. The molecule has 0 aliphatic carbocycles. The monoisotopic (exact) mass is 224 g/mol. The Morgan fingerprint density at radius 1 is 1.44 bits per heavy atom. The Morgan fingerprint density at radius 3 is 2.75 bits per heavy atom. The Hall–Kier alpha value is -1.36. The molecule has 0 saturated carbocycles. The van der Waals surface area contributed by atoms with Gasteiger partial charge in [-0.2, -0.15) is 5.10 Å². The third-order valence-corrected chi connectivity index (χ3v) is 2.36. The fourth-order valence-corrected chi connectivity index (χ4v) is 1.33. The maximum Gasteiger partial charge on any atom is 0.271 e. The van der Waals surface area contributed by atoms with E-state index in [1.807, 2.05) is 14.0 Å². The molecule has 1 amide bonds.